The molecule has 1 aliphatic carbocycles. The van der Waals surface area contributed by atoms with Crippen molar-refractivity contribution >= 4 is 29.6 Å². The number of ketones is 1. The Bertz CT molecular complexity index is 1310. The molecule has 1 saturated heterocycles. The number of carboxylic acids is 1. The van der Waals surface area contributed by atoms with Crippen molar-refractivity contribution in [3.05, 3.63) is 46.1 Å². The van der Waals surface area contributed by atoms with Crippen molar-refractivity contribution in [2.45, 2.75) is 59.4 Å². The number of Topliss-reactive ketones (excluding diaryl/α,β-unsaturated/α-hetero) is 1. The average molecular weight is 494 g/mol. The highest BCUT2D eigenvalue weighted by molar-refractivity contribution is 6.21. The van der Waals surface area contributed by atoms with E-state index in [-0.39, 0.29) is 36.1 Å². The van der Waals surface area contributed by atoms with Crippen molar-refractivity contribution in [3.63, 3.8) is 0 Å². The van der Waals surface area contributed by atoms with Crippen molar-refractivity contribution in [1.29, 1.82) is 0 Å². The summed E-state index contributed by atoms with van der Waals surface area (Å²) < 4.78 is 1.80. The molecule has 0 atom stereocenters. The molecule has 0 saturated carbocycles. The zero-order valence-electron chi connectivity index (χ0n) is 21.5. The summed E-state index contributed by atoms with van der Waals surface area (Å²) >= 11 is 0. The Morgan fingerprint density at radius 3 is 2.17 bits per heavy atom. The van der Waals surface area contributed by atoms with E-state index in [0.29, 0.717) is 28.9 Å². The molecule has 2 aliphatic rings. The van der Waals surface area contributed by atoms with Crippen molar-refractivity contribution in [1.82, 2.24) is 14.4 Å². The molecule has 2 heterocycles. The van der Waals surface area contributed by atoms with E-state index in [1.807, 2.05) is 45.9 Å². The number of aryl methyl sites for hydroxylation is 2. The summed E-state index contributed by atoms with van der Waals surface area (Å²) in [5, 5.41) is 9.47. The van der Waals surface area contributed by atoms with E-state index in [4.69, 9.17) is 0 Å². The summed E-state index contributed by atoms with van der Waals surface area (Å²) in [6, 6.07) is 4.96. The topological polar surface area (TPSA) is 117 Å². The number of imide groups is 2. The lowest BCUT2D eigenvalue weighted by Crippen LogP contribution is -2.56. The maximum Gasteiger partial charge on any atom is 0.332 e. The minimum atomic E-state index is -1.39. The first-order valence-electron chi connectivity index (χ1n) is 11.9. The number of urea groups is 1. The van der Waals surface area contributed by atoms with Gasteiger partial charge in [0.25, 0.3) is 0 Å². The van der Waals surface area contributed by atoms with Crippen LogP contribution in [-0.2, 0) is 27.3 Å². The van der Waals surface area contributed by atoms with Crippen LogP contribution in [0.4, 0.5) is 4.79 Å². The lowest BCUT2D eigenvalue weighted by Gasteiger charge is -2.34. The smallest absolute Gasteiger partial charge is 0.332 e. The molecular formula is C27H31N3O6. The van der Waals surface area contributed by atoms with E-state index in [9.17, 15) is 29.1 Å². The number of barbiturate groups is 1. The van der Waals surface area contributed by atoms with Gasteiger partial charge < -0.3 is 9.67 Å². The fraction of sp³-hybridized carbons (Fsp3) is 0.444. The summed E-state index contributed by atoms with van der Waals surface area (Å²) in [6.07, 6.45) is 0.505. The first-order valence-corrected chi connectivity index (χ1v) is 11.9. The molecule has 9 heteroatoms. The summed E-state index contributed by atoms with van der Waals surface area (Å²) in [4.78, 5) is 66.3. The molecule has 2 aromatic rings. The lowest BCUT2D eigenvalue weighted by molar-refractivity contribution is -0.143. The predicted octanol–water partition coefficient (Wildman–Crippen LogP) is 3.54. The number of rotatable bonds is 5. The Hall–Kier alpha value is -3.75. The first kappa shape index (κ1) is 25.3. The third kappa shape index (κ3) is 4.02. The largest absolute Gasteiger partial charge is 0.481 e. The maximum atomic E-state index is 13.6. The molecule has 0 bridgehead atoms. The number of hydrogen-bond acceptors (Lipinski definition) is 5. The molecule has 4 amide bonds. The maximum absolute atomic E-state index is 13.6. The van der Waals surface area contributed by atoms with Gasteiger partial charge in [-0.2, -0.15) is 0 Å². The van der Waals surface area contributed by atoms with Gasteiger partial charge in [-0.3, -0.25) is 29.0 Å². The molecule has 1 aliphatic heterocycles. The molecule has 0 spiro atoms. The highest BCUT2D eigenvalue weighted by atomic mass is 16.4. The number of benzene rings is 1. The van der Waals surface area contributed by atoms with E-state index in [0.717, 1.165) is 20.9 Å². The number of fused-ring (bicyclic) bond motifs is 1. The summed E-state index contributed by atoms with van der Waals surface area (Å²) in [7, 11) is 2.63. The number of hydrogen-bond donors (Lipinski definition) is 1. The van der Waals surface area contributed by atoms with Crippen LogP contribution in [0.2, 0.25) is 0 Å². The van der Waals surface area contributed by atoms with E-state index < -0.39 is 29.7 Å². The van der Waals surface area contributed by atoms with Crippen LogP contribution in [0.15, 0.2) is 18.2 Å². The second-order valence-electron chi connectivity index (χ2n) is 10.6. The Kier molecular flexibility index (Phi) is 6.14. The summed E-state index contributed by atoms with van der Waals surface area (Å²) in [5.74, 6) is -3.99. The third-order valence-corrected chi connectivity index (χ3v) is 7.32. The van der Waals surface area contributed by atoms with E-state index in [1.54, 1.807) is 4.57 Å². The van der Waals surface area contributed by atoms with Crippen molar-refractivity contribution in [3.8, 4) is 11.3 Å². The molecule has 36 heavy (non-hydrogen) atoms. The zero-order chi connectivity index (χ0) is 26.7. The number of carbonyl (C=O) groups excluding carboxylic acids is 4. The highest BCUT2D eigenvalue weighted by Crippen LogP contribution is 2.46. The van der Waals surface area contributed by atoms with Crippen LogP contribution in [0, 0.1) is 19.3 Å². The van der Waals surface area contributed by atoms with Gasteiger partial charge in [0.2, 0.25) is 11.8 Å². The van der Waals surface area contributed by atoms with Gasteiger partial charge in [-0.05, 0) is 48.4 Å². The summed E-state index contributed by atoms with van der Waals surface area (Å²) in [5.41, 5.74) is 3.99. The molecule has 0 radical (unpaired) electrons. The lowest BCUT2D eigenvalue weighted by atomic mass is 9.74. The Balaban J connectivity index is 2.11. The van der Waals surface area contributed by atoms with Crippen LogP contribution in [0.5, 0.6) is 0 Å². The van der Waals surface area contributed by atoms with Gasteiger partial charge in [-0.1, -0.05) is 26.0 Å². The van der Waals surface area contributed by atoms with Crippen molar-refractivity contribution in [2.75, 3.05) is 14.1 Å². The van der Waals surface area contributed by atoms with Crippen LogP contribution < -0.4 is 0 Å². The Morgan fingerprint density at radius 1 is 1.00 bits per heavy atom. The number of carbonyl (C=O) groups is 5. The van der Waals surface area contributed by atoms with Crippen LogP contribution in [0.25, 0.3) is 11.3 Å². The molecule has 1 fully saturated rings. The van der Waals surface area contributed by atoms with Gasteiger partial charge in [-0.15, -0.1) is 0 Å². The molecule has 1 aromatic carbocycles. The van der Waals surface area contributed by atoms with Crippen LogP contribution >= 0.6 is 0 Å². The number of likely N-dealkylation sites (N-methyl/N-ethyl adjacent to an activating group) is 2. The van der Waals surface area contributed by atoms with Gasteiger partial charge in [0, 0.05) is 43.9 Å². The first-order chi connectivity index (χ1) is 16.7. The fourth-order valence-electron chi connectivity index (χ4n) is 5.31. The highest BCUT2D eigenvalue weighted by Gasteiger charge is 2.49. The second-order valence-corrected chi connectivity index (χ2v) is 10.6. The van der Waals surface area contributed by atoms with E-state index in [1.165, 1.54) is 14.1 Å². The SMILES string of the molecule is Cc1ccc(-c2c(C3C(=O)N(C)C(=O)N(C)C3=O)c3c(n2CCC(=O)O)CC(C)(C)CC3=O)cc1C. The van der Waals surface area contributed by atoms with Gasteiger partial charge in [0.15, 0.2) is 5.78 Å². The second kappa shape index (κ2) is 8.72. The van der Waals surface area contributed by atoms with Crippen molar-refractivity contribution in [2.24, 2.45) is 5.41 Å². The third-order valence-electron chi connectivity index (χ3n) is 7.32. The minimum absolute atomic E-state index is 0.0724. The minimum Gasteiger partial charge on any atom is -0.481 e. The summed E-state index contributed by atoms with van der Waals surface area (Å²) in [6.45, 7) is 7.91. The quantitative estimate of drug-likeness (QED) is 0.637. The van der Waals surface area contributed by atoms with Crippen molar-refractivity contribution < 1.29 is 29.1 Å². The standard InChI is InChI=1S/C27H31N3O6/c1-14-7-8-16(11-15(14)2)23-21(22-24(34)28(5)26(36)29(6)25(22)35)20-17(30(23)10-9-19(32)33)12-27(3,4)13-18(20)31/h7-8,11,22H,9-10,12-13H2,1-6H3,(H,32,33). The Labute approximate surface area is 209 Å². The average Bonchev–Trinajstić information content (AvgIpc) is 3.09. The van der Waals surface area contributed by atoms with E-state index in [2.05, 4.69) is 0 Å². The number of aromatic nitrogens is 1. The van der Waals surface area contributed by atoms with E-state index >= 15 is 0 Å². The number of aliphatic carboxylic acids is 1. The number of carboxylic acid groups (broad SMARTS) is 1. The molecule has 190 valence electrons. The normalized spacial score (nSPS) is 18.2. The zero-order valence-corrected chi connectivity index (χ0v) is 21.5. The van der Waals surface area contributed by atoms with Crippen LogP contribution in [0.3, 0.4) is 0 Å². The molecule has 1 N–H and O–H groups in total. The number of amides is 4. The monoisotopic (exact) mass is 493 g/mol. The predicted molar refractivity (Wildman–Crippen MR) is 132 cm³/mol. The van der Waals surface area contributed by atoms with Gasteiger partial charge in [0.05, 0.1) is 12.1 Å². The molecular weight excluding hydrogens is 462 g/mol. The van der Waals surface area contributed by atoms with Crippen LogP contribution in [-0.4, -0.2) is 63.2 Å². The van der Waals surface area contributed by atoms with Gasteiger partial charge in [-0.25, -0.2) is 4.79 Å². The fourth-order valence-corrected chi connectivity index (χ4v) is 5.31. The van der Waals surface area contributed by atoms with Gasteiger partial charge in [0.1, 0.15) is 5.92 Å². The van der Waals surface area contributed by atoms with Crippen LogP contribution in [0.1, 0.15) is 65.3 Å². The van der Waals surface area contributed by atoms with Gasteiger partial charge >= 0.3 is 12.0 Å². The molecule has 1 aromatic heterocycles. The molecule has 0 unspecified atom stereocenters. The molecule has 4 rings (SSSR count). The number of nitrogens with zero attached hydrogens (tertiary/aromatic N) is 3. The Morgan fingerprint density at radius 2 is 1.61 bits per heavy atom. The molecule has 9 nitrogen and oxygen atoms in total.